The summed E-state index contributed by atoms with van der Waals surface area (Å²) in [4.78, 5) is 25.3. The Labute approximate surface area is 123 Å². The molecule has 1 aromatic heterocycles. The van der Waals surface area contributed by atoms with Crippen LogP contribution in [0.5, 0.6) is 0 Å². The second-order valence-corrected chi connectivity index (χ2v) is 4.90. The molecule has 0 spiro atoms. The van der Waals surface area contributed by atoms with Crippen molar-refractivity contribution in [3.8, 4) is 6.07 Å². The number of rotatable bonds is 4. The van der Waals surface area contributed by atoms with E-state index in [4.69, 9.17) is 10.4 Å². The molecule has 1 aromatic carbocycles. The molecule has 0 atom stereocenters. The number of hydrogen-bond donors (Lipinski definition) is 1. The zero-order valence-electron chi connectivity index (χ0n) is 10.4. The fraction of sp³-hybridized carbons (Fsp3) is 0. The lowest BCUT2D eigenvalue weighted by Crippen LogP contribution is -1.96. The topological polar surface area (TPSA) is 117 Å². The molecule has 0 fully saturated rings. The van der Waals surface area contributed by atoms with Crippen LogP contribution < -0.4 is 0 Å². The van der Waals surface area contributed by atoms with Gasteiger partial charge in [0.2, 0.25) is 0 Å². The van der Waals surface area contributed by atoms with E-state index in [1.165, 1.54) is 36.5 Å². The average Bonchev–Trinajstić information content (AvgIpc) is 2.48. The van der Waals surface area contributed by atoms with Crippen molar-refractivity contribution in [3.63, 3.8) is 0 Å². The molecular weight excluding hydrogens is 294 g/mol. The van der Waals surface area contributed by atoms with Crippen molar-refractivity contribution in [2.75, 3.05) is 0 Å². The summed E-state index contributed by atoms with van der Waals surface area (Å²) in [6.45, 7) is 0. The Morgan fingerprint density at radius 2 is 2.14 bits per heavy atom. The zero-order valence-corrected chi connectivity index (χ0v) is 11.2. The number of carbonyl (C=O) groups is 1. The van der Waals surface area contributed by atoms with E-state index in [2.05, 4.69) is 4.98 Å². The molecule has 8 heteroatoms. The fourth-order valence-corrected chi connectivity index (χ4v) is 2.31. The molecular formula is C13H7N3O4S. The predicted molar refractivity (Wildman–Crippen MR) is 73.1 cm³/mol. The molecule has 21 heavy (non-hydrogen) atoms. The number of pyridine rings is 1. The maximum atomic E-state index is 10.7. The molecule has 0 saturated heterocycles. The molecule has 0 saturated carbocycles. The van der Waals surface area contributed by atoms with Gasteiger partial charge in [-0.15, -0.1) is 0 Å². The minimum atomic E-state index is -1.08. The zero-order chi connectivity index (χ0) is 15.4. The fourth-order valence-electron chi connectivity index (χ4n) is 1.49. The van der Waals surface area contributed by atoms with Crippen LogP contribution in [-0.2, 0) is 0 Å². The van der Waals surface area contributed by atoms with Gasteiger partial charge in [-0.2, -0.15) is 5.26 Å². The third-order valence-corrected chi connectivity index (χ3v) is 3.52. The molecule has 0 aliphatic rings. The lowest BCUT2D eigenvalue weighted by atomic mass is 10.2. The first-order valence-electron chi connectivity index (χ1n) is 5.57. The van der Waals surface area contributed by atoms with Gasteiger partial charge in [-0.05, 0) is 18.2 Å². The number of carboxylic acids is 1. The summed E-state index contributed by atoms with van der Waals surface area (Å²) in [5, 5.41) is 29.0. The Balaban J connectivity index is 2.29. The normalized spacial score (nSPS) is 9.86. The Kier molecular flexibility index (Phi) is 4.15. The maximum Gasteiger partial charge on any atom is 0.337 e. The number of hydrogen-bond acceptors (Lipinski definition) is 6. The van der Waals surface area contributed by atoms with E-state index >= 15 is 0 Å². The van der Waals surface area contributed by atoms with Crippen LogP contribution in [0.1, 0.15) is 15.9 Å². The second kappa shape index (κ2) is 6.02. The van der Waals surface area contributed by atoms with Crippen LogP contribution in [0.3, 0.4) is 0 Å². The largest absolute Gasteiger partial charge is 0.478 e. The maximum absolute atomic E-state index is 10.7. The molecule has 7 nitrogen and oxygen atoms in total. The van der Waals surface area contributed by atoms with Gasteiger partial charge in [-0.1, -0.05) is 11.8 Å². The molecule has 2 rings (SSSR count). The van der Waals surface area contributed by atoms with Crippen LogP contribution in [-0.4, -0.2) is 21.0 Å². The van der Waals surface area contributed by atoms with Gasteiger partial charge in [0.1, 0.15) is 11.1 Å². The highest BCUT2D eigenvalue weighted by Crippen LogP contribution is 2.31. The van der Waals surface area contributed by atoms with Crippen LogP contribution in [0.2, 0.25) is 0 Å². The van der Waals surface area contributed by atoms with Crippen LogP contribution in [0, 0.1) is 21.4 Å². The summed E-state index contributed by atoms with van der Waals surface area (Å²) in [6.07, 6.45) is 1.21. The van der Waals surface area contributed by atoms with Crippen LogP contribution in [0.15, 0.2) is 46.5 Å². The Bertz CT molecular complexity index is 753. The first-order chi connectivity index (χ1) is 10.0. The lowest BCUT2D eigenvalue weighted by Gasteiger charge is -2.03. The van der Waals surface area contributed by atoms with Gasteiger partial charge < -0.3 is 5.11 Å². The highest BCUT2D eigenvalue weighted by atomic mass is 32.2. The van der Waals surface area contributed by atoms with Gasteiger partial charge >= 0.3 is 5.97 Å². The first kappa shape index (κ1) is 14.5. The van der Waals surface area contributed by atoms with Crippen LogP contribution in [0.4, 0.5) is 5.69 Å². The summed E-state index contributed by atoms with van der Waals surface area (Å²) in [5.74, 6) is -1.08. The van der Waals surface area contributed by atoms with Crippen molar-refractivity contribution in [3.05, 3.63) is 57.8 Å². The summed E-state index contributed by atoms with van der Waals surface area (Å²) in [5.41, 5.74) is 0.0620. The van der Waals surface area contributed by atoms with E-state index in [0.29, 0.717) is 9.92 Å². The first-order valence-corrected chi connectivity index (χ1v) is 6.38. The molecule has 0 unspecified atom stereocenters. The predicted octanol–water partition coefficient (Wildman–Crippen LogP) is 2.71. The molecule has 0 aliphatic carbocycles. The second-order valence-electron chi connectivity index (χ2n) is 3.84. The number of nitro groups is 1. The highest BCUT2D eigenvalue weighted by molar-refractivity contribution is 7.99. The third kappa shape index (κ3) is 3.34. The molecule has 2 aromatic rings. The Morgan fingerprint density at radius 3 is 2.67 bits per heavy atom. The Morgan fingerprint density at radius 1 is 1.38 bits per heavy atom. The smallest absolute Gasteiger partial charge is 0.337 e. The van der Waals surface area contributed by atoms with E-state index in [1.807, 2.05) is 6.07 Å². The number of benzene rings is 1. The van der Waals surface area contributed by atoms with E-state index in [-0.39, 0.29) is 16.8 Å². The monoisotopic (exact) mass is 301 g/mol. The minimum absolute atomic E-state index is 0.0588. The lowest BCUT2D eigenvalue weighted by molar-refractivity contribution is -0.384. The molecule has 0 bridgehead atoms. The highest BCUT2D eigenvalue weighted by Gasteiger charge is 2.12. The number of nitrogens with zero attached hydrogens (tertiary/aromatic N) is 3. The molecule has 0 aliphatic heterocycles. The molecule has 0 amide bonds. The number of nitro benzene ring substituents is 1. The molecule has 104 valence electrons. The summed E-state index contributed by atoms with van der Waals surface area (Å²) >= 11 is 1.13. The van der Waals surface area contributed by atoms with Gasteiger partial charge in [0.25, 0.3) is 5.69 Å². The molecule has 1 N–H and O–H groups in total. The van der Waals surface area contributed by atoms with Gasteiger partial charge in [0.15, 0.2) is 0 Å². The third-order valence-electron chi connectivity index (χ3n) is 2.49. The van der Waals surface area contributed by atoms with Crippen LogP contribution >= 0.6 is 11.8 Å². The van der Waals surface area contributed by atoms with E-state index < -0.39 is 10.9 Å². The van der Waals surface area contributed by atoms with Gasteiger partial charge in [-0.3, -0.25) is 10.1 Å². The molecule has 0 radical (unpaired) electrons. The average molecular weight is 301 g/mol. The number of nitriles is 1. The quantitative estimate of drug-likeness (QED) is 0.681. The standard InChI is InChI=1S/C13H7N3O4S/c14-6-9-5-10(16(19)20)2-3-11(9)21-12-4-1-8(7-15-12)13(17)18/h1-5,7H,(H,17,18). The number of non-ortho nitro benzene ring substituents is 1. The van der Waals surface area contributed by atoms with E-state index in [9.17, 15) is 14.9 Å². The summed E-state index contributed by atoms with van der Waals surface area (Å²) in [6, 6.07) is 8.76. The van der Waals surface area contributed by atoms with Crippen molar-refractivity contribution in [2.24, 2.45) is 0 Å². The van der Waals surface area contributed by atoms with Gasteiger partial charge in [0.05, 0.1) is 16.1 Å². The molecule has 1 heterocycles. The van der Waals surface area contributed by atoms with E-state index in [0.717, 1.165) is 11.8 Å². The number of aromatic nitrogens is 1. The number of aromatic carboxylic acids is 1. The van der Waals surface area contributed by atoms with Crippen LogP contribution in [0.25, 0.3) is 0 Å². The van der Waals surface area contributed by atoms with Crippen molar-refractivity contribution in [1.82, 2.24) is 4.98 Å². The van der Waals surface area contributed by atoms with E-state index in [1.54, 1.807) is 0 Å². The summed E-state index contributed by atoms with van der Waals surface area (Å²) in [7, 11) is 0. The SMILES string of the molecule is N#Cc1cc([N+](=O)[O-])ccc1Sc1ccc(C(=O)O)cn1. The Hall–Kier alpha value is -2.92. The van der Waals surface area contributed by atoms with Crippen molar-refractivity contribution >= 4 is 23.4 Å². The summed E-state index contributed by atoms with van der Waals surface area (Å²) < 4.78 is 0. The van der Waals surface area contributed by atoms with Crippen molar-refractivity contribution in [2.45, 2.75) is 9.92 Å². The van der Waals surface area contributed by atoms with Crippen molar-refractivity contribution < 1.29 is 14.8 Å². The van der Waals surface area contributed by atoms with Gasteiger partial charge in [-0.25, -0.2) is 9.78 Å². The van der Waals surface area contributed by atoms with Crippen molar-refractivity contribution in [1.29, 1.82) is 5.26 Å². The minimum Gasteiger partial charge on any atom is -0.478 e. The van der Waals surface area contributed by atoms with Gasteiger partial charge in [0, 0.05) is 23.2 Å². The number of carboxylic acid groups (broad SMARTS) is 1.